The Morgan fingerprint density at radius 1 is 0.636 bits per heavy atom. The Bertz CT molecular complexity index is 1740. The highest BCUT2D eigenvalue weighted by Crippen LogP contribution is 2.11. The number of rotatable bonds is 22. The molecule has 0 fully saturated rings. The van der Waals surface area contributed by atoms with Gasteiger partial charge in [0, 0.05) is 19.4 Å². The molecule has 17 nitrogen and oxygen atoms in total. The molecule has 0 saturated carbocycles. The molecule has 55 heavy (non-hydrogen) atoms. The van der Waals surface area contributed by atoms with Gasteiger partial charge in [0.1, 0.15) is 24.7 Å². The van der Waals surface area contributed by atoms with Crippen LogP contribution in [0.25, 0.3) is 0 Å². The van der Waals surface area contributed by atoms with Crippen molar-refractivity contribution in [3.05, 3.63) is 108 Å². The summed E-state index contributed by atoms with van der Waals surface area (Å²) >= 11 is 0. The van der Waals surface area contributed by atoms with Gasteiger partial charge in [-0.3, -0.25) is 24.2 Å². The summed E-state index contributed by atoms with van der Waals surface area (Å²) in [5.41, 5.74) is 12.8. The van der Waals surface area contributed by atoms with E-state index in [-0.39, 0.29) is 44.8 Å². The van der Waals surface area contributed by atoms with Gasteiger partial charge in [0.05, 0.1) is 6.04 Å². The number of carbonyl (C=O) groups is 6. The lowest BCUT2D eigenvalue weighted by Crippen LogP contribution is -2.58. The molecule has 0 saturated heterocycles. The number of alkyl carbamates (subject to hydrolysis) is 1. The van der Waals surface area contributed by atoms with E-state index in [0.29, 0.717) is 16.7 Å². The molecule has 0 aliphatic rings. The van der Waals surface area contributed by atoms with E-state index in [0.717, 1.165) is 0 Å². The van der Waals surface area contributed by atoms with Crippen LogP contribution in [0.3, 0.4) is 0 Å². The van der Waals surface area contributed by atoms with Gasteiger partial charge in [0.15, 0.2) is 12.1 Å². The summed E-state index contributed by atoms with van der Waals surface area (Å²) < 4.78 is 5.31. The van der Waals surface area contributed by atoms with Crippen LogP contribution in [0, 0.1) is 0 Å². The highest BCUT2D eigenvalue weighted by Gasteiger charge is 2.34. The zero-order valence-corrected chi connectivity index (χ0v) is 30.0. The molecule has 3 aromatic carbocycles. The molecular weight excluding hydrogens is 714 g/mol. The Morgan fingerprint density at radius 2 is 1.13 bits per heavy atom. The number of aliphatic hydroxyl groups excluding tert-OH is 1. The summed E-state index contributed by atoms with van der Waals surface area (Å²) in [4.78, 5) is 80.9. The molecule has 0 bridgehead atoms. The number of nitrogens with two attached hydrogens (primary N) is 2. The second-order valence-corrected chi connectivity index (χ2v) is 12.5. The van der Waals surface area contributed by atoms with Crippen molar-refractivity contribution >= 4 is 41.7 Å². The topological polar surface area (TPSA) is 285 Å². The molecule has 11 N–H and O–H groups in total. The van der Waals surface area contributed by atoms with E-state index >= 15 is 0 Å². The quantitative estimate of drug-likeness (QED) is 0.0386. The lowest BCUT2D eigenvalue weighted by Gasteiger charge is -2.27. The Kier molecular flexibility index (Phi) is 17.6. The number of carboxylic acids is 2. The summed E-state index contributed by atoms with van der Waals surface area (Å²) in [7, 11) is 0. The van der Waals surface area contributed by atoms with E-state index in [4.69, 9.17) is 16.2 Å². The van der Waals surface area contributed by atoms with E-state index < -0.39 is 78.9 Å². The minimum absolute atomic E-state index is 0.0115. The number of aliphatic imine (C=N–C) groups is 1. The highest BCUT2D eigenvalue weighted by atomic mass is 16.5. The maximum atomic E-state index is 13.7. The van der Waals surface area contributed by atoms with Crippen molar-refractivity contribution in [2.75, 3.05) is 6.54 Å². The average Bonchev–Trinajstić information content (AvgIpc) is 3.16. The third-order valence-electron chi connectivity index (χ3n) is 8.22. The second kappa shape index (κ2) is 22.5. The number of amides is 4. The Morgan fingerprint density at radius 3 is 1.65 bits per heavy atom. The fourth-order valence-electron chi connectivity index (χ4n) is 5.37. The molecule has 4 amide bonds. The number of nitrogens with zero attached hydrogens (tertiary/aromatic N) is 1. The third-order valence-corrected chi connectivity index (χ3v) is 8.22. The fraction of sp³-hybridized carbons (Fsp3) is 0.342. The first-order valence-corrected chi connectivity index (χ1v) is 17.5. The first-order valence-electron chi connectivity index (χ1n) is 17.5. The summed E-state index contributed by atoms with van der Waals surface area (Å²) in [6.07, 6.45) is -3.91. The van der Waals surface area contributed by atoms with Gasteiger partial charge in [0.2, 0.25) is 11.8 Å². The van der Waals surface area contributed by atoms with Gasteiger partial charge < -0.3 is 52.8 Å². The lowest BCUT2D eigenvalue weighted by atomic mass is 10.00. The Labute approximate surface area is 317 Å². The van der Waals surface area contributed by atoms with Gasteiger partial charge in [-0.1, -0.05) is 91.0 Å². The molecule has 5 atom stereocenters. The van der Waals surface area contributed by atoms with Crippen LogP contribution in [0.2, 0.25) is 0 Å². The summed E-state index contributed by atoms with van der Waals surface area (Å²) in [5.74, 6) is -5.84. The number of carboxylic acid groups (broad SMARTS) is 2. The molecule has 0 radical (unpaired) electrons. The van der Waals surface area contributed by atoms with Gasteiger partial charge in [0.25, 0.3) is 5.91 Å². The van der Waals surface area contributed by atoms with E-state index in [9.17, 15) is 44.1 Å². The monoisotopic (exact) mass is 761 g/mol. The molecule has 0 aliphatic heterocycles. The highest BCUT2D eigenvalue weighted by molar-refractivity contribution is 5.94. The minimum atomic E-state index is -1.92. The predicted molar refractivity (Wildman–Crippen MR) is 200 cm³/mol. The number of guanidine groups is 1. The first-order chi connectivity index (χ1) is 26.3. The molecular formula is C38H47N7O10. The standard InChI is InChI=1S/C38H47N7O10/c39-37(40)41-20-10-17-27(33(49)42-28(18-19-31(46)47)34(50)44-30(36(52)53)22-25-13-6-2-7-14-25)43-35(51)32(48)29(21-24-11-4-1-5-12-24)45-38(54)55-23-26-15-8-3-9-16-26/h1-9,11-16,27-30,32,48H,10,17-23H2,(H,42,49)(H,43,51)(H,44,50)(H,45,54)(H,46,47)(H,52,53)(H4,39,40,41)/t27-,28-,29?,30-,32+/m0/s1. The molecule has 0 spiro atoms. The maximum Gasteiger partial charge on any atom is 0.407 e. The molecule has 0 aliphatic carbocycles. The van der Waals surface area contributed by atoms with E-state index in [2.05, 4.69) is 26.3 Å². The molecule has 0 aromatic heterocycles. The van der Waals surface area contributed by atoms with Crippen molar-refractivity contribution in [3.8, 4) is 0 Å². The van der Waals surface area contributed by atoms with Gasteiger partial charge in [-0.2, -0.15) is 0 Å². The molecule has 0 heterocycles. The van der Waals surface area contributed by atoms with Crippen molar-refractivity contribution in [2.24, 2.45) is 16.5 Å². The van der Waals surface area contributed by atoms with E-state index in [1.54, 1.807) is 91.0 Å². The smallest absolute Gasteiger partial charge is 0.407 e. The number of aliphatic carboxylic acids is 2. The van der Waals surface area contributed by atoms with Crippen LogP contribution < -0.4 is 32.7 Å². The van der Waals surface area contributed by atoms with Crippen LogP contribution in [0.4, 0.5) is 4.79 Å². The van der Waals surface area contributed by atoms with Crippen molar-refractivity contribution in [3.63, 3.8) is 0 Å². The average molecular weight is 762 g/mol. The van der Waals surface area contributed by atoms with Crippen molar-refractivity contribution in [1.29, 1.82) is 0 Å². The zero-order valence-electron chi connectivity index (χ0n) is 30.0. The minimum Gasteiger partial charge on any atom is -0.481 e. The number of hydrogen-bond acceptors (Lipinski definition) is 9. The number of carbonyl (C=O) groups excluding carboxylic acids is 4. The zero-order chi connectivity index (χ0) is 40.2. The van der Waals surface area contributed by atoms with Gasteiger partial charge in [-0.15, -0.1) is 0 Å². The Balaban J connectivity index is 1.80. The van der Waals surface area contributed by atoms with Crippen molar-refractivity contribution < 1.29 is 48.8 Å². The van der Waals surface area contributed by atoms with Gasteiger partial charge in [-0.25, -0.2) is 9.59 Å². The molecule has 3 rings (SSSR count). The van der Waals surface area contributed by atoms with Crippen LogP contribution in [-0.2, 0) is 48.2 Å². The number of aliphatic hydroxyl groups is 1. The summed E-state index contributed by atoms with van der Waals surface area (Å²) in [6.45, 7) is -0.0418. The van der Waals surface area contributed by atoms with Crippen LogP contribution >= 0.6 is 0 Å². The maximum absolute atomic E-state index is 13.7. The fourth-order valence-corrected chi connectivity index (χ4v) is 5.37. The first kappa shape index (κ1) is 42.9. The van der Waals surface area contributed by atoms with E-state index in [1.807, 2.05) is 0 Å². The molecule has 294 valence electrons. The largest absolute Gasteiger partial charge is 0.481 e. The van der Waals surface area contributed by atoms with Gasteiger partial charge in [-0.05, 0) is 42.4 Å². The van der Waals surface area contributed by atoms with Crippen LogP contribution in [0.15, 0.2) is 96.0 Å². The number of benzene rings is 3. The molecule has 17 heteroatoms. The lowest BCUT2D eigenvalue weighted by molar-refractivity contribution is -0.143. The second-order valence-electron chi connectivity index (χ2n) is 12.5. The van der Waals surface area contributed by atoms with E-state index in [1.165, 1.54) is 0 Å². The van der Waals surface area contributed by atoms with Crippen LogP contribution in [-0.4, -0.2) is 93.8 Å². The predicted octanol–water partition coefficient (Wildman–Crippen LogP) is 0.585. The van der Waals surface area contributed by atoms with Crippen molar-refractivity contribution in [2.45, 2.75) is 75.4 Å². The third kappa shape index (κ3) is 16.0. The number of ether oxygens (including phenoxy) is 1. The number of hydrogen-bond donors (Lipinski definition) is 9. The Hall–Kier alpha value is -6.49. The number of nitrogens with one attached hydrogen (secondary N) is 4. The van der Waals surface area contributed by atoms with Crippen LogP contribution in [0.5, 0.6) is 0 Å². The van der Waals surface area contributed by atoms with Gasteiger partial charge >= 0.3 is 18.0 Å². The normalized spacial score (nSPS) is 13.4. The SMILES string of the molecule is NC(N)=NCCC[C@H](NC(=O)[C@H](O)C(Cc1ccccc1)NC(=O)OCc1ccccc1)C(=O)N[C@@H](CCC(=O)O)C(=O)N[C@@H](Cc1ccccc1)C(=O)O. The molecule has 1 unspecified atom stereocenters. The summed E-state index contributed by atoms with van der Waals surface area (Å²) in [6, 6.07) is 20.4. The van der Waals surface area contributed by atoms with Crippen molar-refractivity contribution in [1.82, 2.24) is 21.3 Å². The summed E-state index contributed by atoms with van der Waals surface area (Å²) in [5, 5.41) is 40.2. The molecule has 3 aromatic rings. The van der Waals surface area contributed by atoms with Crippen LogP contribution in [0.1, 0.15) is 42.4 Å².